The molecule has 4 aromatic carbocycles. The summed E-state index contributed by atoms with van der Waals surface area (Å²) in [4.78, 5) is 27.1. The van der Waals surface area contributed by atoms with Crippen molar-refractivity contribution in [2.45, 2.75) is 240 Å². The lowest BCUT2D eigenvalue weighted by molar-refractivity contribution is -0.318. The van der Waals surface area contributed by atoms with E-state index in [9.17, 15) is 107 Å². The molecule has 8 heterocycles. The van der Waals surface area contributed by atoms with Gasteiger partial charge in [0.15, 0.2) is 29.9 Å². The highest BCUT2D eigenvalue weighted by Gasteiger charge is 2.69. The van der Waals surface area contributed by atoms with Crippen molar-refractivity contribution in [1.29, 1.82) is 0 Å². The summed E-state index contributed by atoms with van der Waals surface area (Å²) in [6.07, 6.45) is -18.2. The van der Waals surface area contributed by atoms with Gasteiger partial charge >= 0.3 is 0 Å². The number of fused-ring (bicyclic) bond motifs is 9. The van der Waals surface area contributed by atoms with Crippen LogP contribution in [-0.4, -0.2) is 258 Å². The average molecular weight is 1600 g/mol. The Kier molecular flexibility index (Phi) is 23.7. The van der Waals surface area contributed by atoms with Crippen molar-refractivity contribution in [3.63, 3.8) is 0 Å². The first-order valence-corrected chi connectivity index (χ1v) is 38.7. The van der Waals surface area contributed by atoms with Crippen molar-refractivity contribution in [1.82, 2.24) is 0 Å². The highest BCUT2D eigenvalue weighted by atomic mass is 16.8. The maximum absolute atomic E-state index is 13.5. The SMILES string of the molecule is CC1OC(OCC2OC(Oc3c(-c4ccc(O)cc4)oc4cc(O)cc(O)c4c3=O)C(O)C(O)C2O)C(O)C(O)C1O.C[C@@H]1CC[C@@]2(OC1)OC1CC3C4CC=C5CC(O)CC[C@]5(C)C4CC[C@]3(C)C1[C@@H]2C.C[C@@H]1O[C@@H](OC[C@H]2O[C@@H](Oc3c(-c4ccc(O)cc4)oc4cc(O)cc(O)c4c3=O)[C@H](O)[C@@H](O)[C@@H]2O)[C@H](O)[C@H](O)[C@H]1O. The smallest absolute Gasteiger partial charge is 0.239 e. The molecule has 6 saturated heterocycles. The van der Waals surface area contributed by atoms with Crippen LogP contribution >= 0.6 is 0 Å². The van der Waals surface area contributed by atoms with Crippen LogP contribution in [0.3, 0.4) is 0 Å². The van der Waals surface area contributed by atoms with Crippen LogP contribution in [0.15, 0.2) is 103 Å². The molecule has 624 valence electrons. The molecular formula is C81H102O33. The molecule has 16 rings (SSSR count). The third-order valence-corrected chi connectivity index (χ3v) is 25.7. The van der Waals surface area contributed by atoms with Crippen LogP contribution in [0.25, 0.3) is 44.6 Å². The fourth-order valence-corrected chi connectivity index (χ4v) is 19.2. The van der Waals surface area contributed by atoms with Crippen LogP contribution in [0.5, 0.6) is 46.0 Å². The average Bonchev–Trinajstić information content (AvgIpc) is 1.48. The number of ether oxygens (including phenoxy) is 10. The van der Waals surface area contributed by atoms with E-state index in [1.165, 1.54) is 101 Å². The topological polar surface area (TPSA) is 537 Å². The second kappa shape index (κ2) is 32.5. The second-order valence-corrected chi connectivity index (χ2v) is 32.9. The zero-order chi connectivity index (χ0) is 81.8. The van der Waals surface area contributed by atoms with Crippen molar-refractivity contribution in [3.05, 3.63) is 105 Å². The lowest BCUT2D eigenvalue weighted by Crippen LogP contribution is -2.61. The highest BCUT2D eigenvalue weighted by molar-refractivity contribution is 5.89. The van der Waals surface area contributed by atoms with E-state index in [0.29, 0.717) is 34.7 Å². The van der Waals surface area contributed by atoms with Gasteiger partial charge < -0.3 is 153 Å². The van der Waals surface area contributed by atoms with E-state index in [0.717, 1.165) is 67.9 Å². The van der Waals surface area contributed by atoms with Crippen LogP contribution in [-0.2, 0) is 37.9 Å². The van der Waals surface area contributed by atoms with Gasteiger partial charge in [0.2, 0.25) is 34.9 Å². The summed E-state index contributed by atoms with van der Waals surface area (Å²) in [5.41, 5.74) is 0.399. The normalized spacial score (nSPS) is 40.4. The number of aliphatic hydroxyl groups excluding tert-OH is 13. The van der Waals surface area contributed by atoms with Crippen LogP contribution < -0.4 is 20.3 Å². The molecule has 19 N–H and O–H groups in total. The van der Waals surface area contributed by atoms with E-state index in [1.807, 2.05) is 0 Å². The van der Waals surface area contributed by atoms with Crippen LogP contribution in [0.1, 0.15) is 99.3 Å². The molecule has 16 unspecified atom stereocenters. The minimum atomic E-state index is -1.92. The Hall–Kier alpha value is -7.40. The molecule has 0 amide bonds. The van der Waals surface area contributed by atoms with Crippen molar-refractivity contribution in [2.24, 2.45) is 46.3 Å². The van der Waals surface area contributed by atoms with E-state index in [-0.39, 0.29) is 68.0 Å². The minimum Gasteiger partial charge on any atom is -0.508 e. The lowest BCUT2D eigenvalue weighted by atomic mass is 9.47. The van der Waals surface area contributed by atoms with E-state index in [2.05, 4.69) is 33.8 Å². The molecule has 6 aromatic rings. The molecule has 2 aromatic heterocycles. The molecule has 0 radical (unpaired) electrons. The van der Waals surface area contributed by atoms with Gasteiger partial charge in [-0.25, -0.2) is 0 Å². The van der Waals surface area contributed by atoms with Gasteiger partial charge in [0.05, 0.1) is 44.2 Å². The Balaban J connectivity index is 0.000000143. The van der Waals surface area contributed by atoms with Crippen molar-refractivity contribution >= 4 is 21.9 Å². The first-order chi connectivity index (χ1) is 54.0. The Morgan fingerprint density at radius 1 is 0.482 bits per heavy atom. The number of rotatable bonds is 12. The van der Waals surface area contributed by atoms with Gasteiger partial charge in [-0.05, 0) is 154 Å². The molecule has 33 heteroatoms. The molecule has 114 heavy (non-hydrogen) atoms. The first-order valence-electron chi connectivity index (χ1n) is 38.7. The second-order valence-electron chi connectivity index (χ2n) is 32.9. The summed E-state index contributed by atoms with van der Waals surface area (Å²) in [7, 11) is 0. The Morgan fingerprint density at radius 3 is 1.39 bits per heavy atom. The van der Waals surface area contributed by atoms with E-state index in [1.54, 1.807) is 5.57 Å². The molecule has 6 aliphatic heterocycles. The highest BCUT2D eigenvalue weighted by Crippen LogP contribution is 2.71. The Labute approximate surface area is 652 Å². The molecule has 33 nitrogen and oxygen atoms in total. The van der Waals surface area contributed by atoms with Gasteiger partial charge in [0.1, 0.15) is 142 Å². The number of hydrogen-bond acceptors (Lipinski definition) is 33. The number of benzene rings is 4. The number of phenols is 6. The van der Waals surface area contributed by atoms with Gasteiger partial charge in [-0.15, -0.1) is 0 Å². The maximum Gasteiger partial charge on any atom is 0.239 e. The number of hydrogen-bond donors (Lipinski definition) is 19. The van der Waals surface area contributed by atoms with Gasteiger partial charge in [0.25, 0.3) is 0 Å². The predicted octanol–water partition coefficient (Wildman–Crippen LogP) is 2.93. The monoisotopic (exact) mass is 1600 g/mol. The molecule has 10 aliphatic rings. The van der Waals surface area contributed by atoms with E-state index < -0.39 is 181 Å². The third kappa shape index (κ3) is 15.3. The standard InChI is InChI=1S/2C27H30O15.C27H42O3/c2*1-9-17(31)20(34)22(36)26(39-9)38-8-15-18(32)21(35)23(37)27(41-15)42-25-19(33)16-13(30)6-12(29)7-14(16)40-24(25)10-2-4-11(28)5-3-10;1-16-7-12-27(29-15-16)17(2)24-23(30-27)14-22-20-6-5-18-13-19(28)8-10-25(18,3)21(20)9-11-26(22,24)4/h2*2-7,9,15,17-18,20-23,26-32,34-37H,8H2,1H3;5,16-17,19-24,28H,6-15H2,1-4H3/t9-,15+,17-,18+,20+,21-,22+,23+,26+,27-;;16-,17+,19?,20?,21?,22?,23?,24?,25+,26+,27-/m0.1/s1. The zero-order valence-corrected chi connectivity index (χ0v) is 63.4. The fraction of sp³-hybridized carbons (Fsp3) is 0.605. The molecule has 3 saturated carbocycles. The number of aromatic hydroxyl groups is 6. The predicted molar refractivity (Wildman–Crippen MR) is 395 cm³/mol. The summed E-state index contributed by atoms with van der Waals surface area (Å²) in [6, 6.07) is 14.7. The van der Waals surface area contributed by atoms with E-state index in [4.69, 9.17) is 56.2 Å². The molecule has 9 fully saturated rings. The van der Waals surface area contributed by atoms with Crippen LogP contribution in [0, 0.1) is 46.3 Å². The number of allylic oxidation sites excluding steroid dienone is 1. The van der Waals surface area contributed by atoms with Crippen LogP contribution in [0.2, 0.25) is 0 Å². The fourth-order valence-electron chi connectivity index (χ4n) is 19.2. The summed E-state index contributed by atoms with van der Waals surface area (Å²) in [5, 5.41) is 193. The molecule has 4 aliphatic carbocycles. The third-order valence-electron chi connectivity index (χ3n) is 25.7. The Morgan fingerprint density at radius 2 is 0.939 bits per heavy atom. The first kappa shape index (κ1) is 83.1. The largest absolute Gasteiger partial charge is 0.508 e. The van der Waals surface area contributed by atoms with Crippen molar-refractivity contribution in [2.75, 3.05) is 19.8 Å². The maximum atomic E-state index is 13.5. The molecule has 0 bridgehead atoms. The number of aliphatic hydroxyl groups is 13. The molecular weight excluding hydrogens is 1500 g/mol. The Bertz CT molecular complexity index is 4340. The van der Waals surface area contributed by atoms with Gasteiger partial charge in [-0.2, -0.15) is 0 Å². The summed E-state index contributed by atoms with van der Waals surface area (Å²) < 4.78 is 69.2. The summed E-state index contributed by atoms with van der Waals surface area (Å²) >= 11 is 0. The van der Waals surface area contributed by atoms with Crippen LogP contribution in [0.4, 0.5) is 0 Å². The van der Waals surface area contributed by atoms with Gasteiger partial charge in [-0.3, -0.25) is 9.59 Å². The van der Waals surface area contributed by atoms with Gasteiger partial charge in [-0.1, -0.05) is 39.3 Å². The van der Waals surface area contributed by atoms with Crippen molar-refractivity contribution in [3.8, 4) is 68.6 Å². The zero-order valence-electron chi connectivity index (χ0n) is 63.4. The molecule has 1 spiro atoms. The molecule has 31 atom stereocenters. The number of phenolic OH excluding ortho intramolecular Hbond substituents is 6. The minimum absolute atomic E-state index is 0.103. The van der Waals surface area contributed by atoms with E-state index >= 15 is 0 Å². The summed E-state index contributed by atoms with van der Waals surface area (Å²) in [5.74, 6) is -0.0120. The lowest BCUT2D eigenvalue weighted by Gasteiger charge is -2.58. The summed E-state index contributed by atoms with van der Waals surface area (Å²) in [6.45, 7) is 12.5. The van der Waals surface area contributed by atoms with Crippen molar-refractivity contribution < 1.29 is 153 Å². The van der Waals surface area contributed by atoms with Gasteiger partial charge in [0, 0.05) is 47.7 Å². The quantitative estimate of drug-likeness (QED) is 0.0783.